The van der Waals surface area contributed by atoms with Crippen LogP contribution in [0.25, 0.3) is 33.2 Å². The second-order valence-corrected chi connectivity index (χ2v) is 16.4. The Balaban J connectivity index is 1.35. The zero-order valence-corrected chi connectivity index (χ0v) is 34.3. The molecule has 6 rings (SSSR count). The first-order valence-corrected chi connectivity index (χ1v) is 20.8. The number of methoxy groups -OCH3 is 1. The SMILES string of the molecule is CCc1c(C)c2cc3[nH]c(cc4nc(c(C)c5nc(cc1[nH]2)C(C)=C5C(=O)OC)[C@@H](CCC(=O)NCCCS[C@H]1C[C@@H](O)C[C@@H](CO)O1)[C@@H]4C)c(C)c3CC. The van der Waals surface area contributed by atoms with E-state index in [1.165, 1.54) is 29.4 Å². The molecule has 3 aliphatic heterocycles. The number of ether oxygens (including phenoxy) is 2. The Morgan fingerprint density at radius 2 is 1.64 bits per heavy atom. The first kappa shape index (κ1) is 40.7. The van der Waals surface area contributed by atoms with Crippen molar-refractivity contribution in [2.75, 3.05) is 26.0 Å². The van der Waals surface area contributed by atoms with Gasteiger partial charge in [0.05, 0.1) is 42.9 Å². The van der Waals surface area contributed by atoms with E-state index in [0.717, 1.165) is 69.6 Å². The van der Waals surface area contributed by atoms with Crippen molar-refractivity contribution in [2.45, 2.75) is 123 Å². The first-order valence-electron chi connectivity index (χ1n) is 19.7. The largest absolute Gasteiger partial charge is 0.465 e. The van der Waals surface area contributed by atoms with Gasteiger partial charge in [0.15, 0.2) is 0 Å². The molecule has 1 fully saturated rings. The molecule has 11 nitrogen and oxygen atoms in total. The van der Waals surface area contributed by atoms with Crippen LogP contribution in [0.5, 0.6) is 0 Å². The van der Waals surface area contributed by atoms with Crippen molar-refractivity contribution in [1.82, 2.24) is 25.3 Å². The minimum Gasteiger partial charge on any atom is -0.465 e. The predicted octanol–water partition coefficient (Wildman–Crippen LogP) is 7.23. The van der Waals surface area contributed by atoms with Gasteiger partial charge in [0, 0.05) is 71.1 Å². The van der Waals surface area contributed by atoms with Crippen LogP contribution in [0.4, 0.5) is 0 Å². The van der Waals surface area contributed by atoms with Crippen LogP contribution in [0.2, 0.25) is 0 Å². The van der Waals surface area contributed by atoms with Crippen LogP contribution in [-0.4, -0.2) is 85.7 Å². The third-order valence-electron chi connectivity index (χ3n) is 11.7. The molecule has 5 N–H and O–H groups in total. The molecule has 0 unspecified atom stereocenters. The Hall–Kier alpha value is -3.97. The molecular formula is C43H57N5O6S. The average molecular weight is 772 g/mol. The Morgan fingerprint density at radius 1 is 0.964 bits per heavy atom. The lowest BCUT2D eigenvalue weighted by Gasteiger charge is -2.31. The molecule has 12 heteroatoms. The summed E-state index contributed by atoms with van der Waals surface area (Å²) < 4.78 is 11.2. The molecule has 8 bridgehead atoms. The zero-order chi connectivity index (χ0) is 39.6. The van der Waals surface area contributed by atoms with Crippen molar-refractivity contribution in [1.29, 1.82) is 0 Å². The van der Waals surface area contributed by atoms with E-state index < -0.39 is 12.1 Å². The second-order valence-electron chi connectivity index (χ2n) is 15.1. The zero-order valence-electron chi connectivity index (χ0n) is 33.5. The van der Waals surface area contributed by atoms with E-state index in [-0.39, 0.29) is 35.9 Å². The fourth-order valence-corrected chi connectivity index (χ4v) is 9.59. The Kier molecular flexibility index (Phi) is 12.9. The number of aromatic amines is 2. The van der Waals surface area contributed by atoms with Crippen LogP contribution in [0.1, 0.15) is 122 Å². The van der Waals surface area contributed by atoms with Gasteiger partial charge in [0.2, 0.25) is 5.91 Å². The summed E-state index contributed by atoms with van der Waals surface area (Å²) in [6.45, 7) is 15.1. The molecule has 0 saturated carbocycles. The molecule has 3 aromatic rings. The maximum Gasteiger partial charge on any atom is 0.340 e. The number of thioether (sulfide) groups is 1. The number of nitrogens with one attached hydrogen (secondary N) is 3. The number of fused-ring (bicyclic) bond motifs is 8. The van der Waals surface area contributed by atoms with Gasteiger partial charge in [-0.05, 0) is 111 Å². The molecule has 1 saturated heterocycles. The number of aliphatic hydroxyl groups excluding tert-OH is 2. The number of aliphatic hydroxyl groups is 2. The van der Waals surface area contributed by atoms with E-state index in [4.69, 9.17) is 19.4 Å². The molecule has 6 heterocycles. The van der Waals surface area contributed by atoms with Crippen LogP contribution >= 0.6 is 11.8 Å². The van der Waals surface area contributed by atoms with Crippen molar-refractivity contribution in [3.05, 3.63) is 68.8 Å². The van der Waals surface area contributed by atoms with Crippen LogP contribution in [0.3, 0.4) is 0 Å². The quantitative estimate of drug-likeness (QED) is 0.0945. The normalized spacial score (nSPS) is 21.2. The number of rotatable bonds is 12. The lowest BCUT2D eigenvalue weighted by atomic mass is 9.85. The molecule has 296 valence electrons. The Morgan fingerprint density at radius 3 is 2.29 bits per heavy atom. The molecular weight excluding hydrogens is 715 g/mol. The Labute approximate surface area is 328 Å². The Bertz CT molecular complexity index is 2140. The van der Waals surface area contributed by atoms with E-state index in [1.54, 1.807) is 11.8 Å². The average Bonchev–Trinajstić information content (AvgIpc) is 3.85. The van der Waals surface area contributed by atoms with Crippen molar-refractivity contribution >= 4 is 56.9 Å². The van der Waals surface area contributed by atoms with Crippen LogP contribution in [0.15, 0.2) is 18.2 Å². The molecule has 0 radical (unpaired) electrons. The number of H-pyrrole nitrogens is 2. The minimum atomic E-state index is -0.467. The number of allylic oxidation sites excluding steroid dienone is 1. The van der Waals surface area contributed by atoms with Crippen molar-refractivity contribution in [3.8, 4) is 0 Å². The van der Waals surface area contributed by atoms with Crippen molar-refractivity contribution in [2.24, 2.45) is 0 Å². The fraction of sp³-hybridized carbons (Fsp3) is 0.535. The molecule has 3 aromatic heterocycles. The van der Waals surface area contributed by atoms with Crippen molar-refractivity contribution in [3.63, 3.8) is 0 Å². The minimum absolute atomic E-state index is 0.00204. The molecule has 0 aromatic carbocycles. The number of hydrogen-bond acceptors (Lipinski definition) is 9. The smallest absolute Gasteiger partial charge is 0.340 e. The topological polar surface area (TPSA) is 162 Å². The number of carbonyl (C=O) groups excluding carboxylic acids is 2. The molecule has 55 heavy (non-hydrogen) atoms. The number of aromatic nitrogens is 4. The highest BCUT2D eigenvalue weighted by Crippen LogP contribution is 2.43. The molecule has 0 aliphatic carbocycles. The number of nitrogens with zero attached hydrogens (tertiary/aromatic N) is 2. The van der Waals surface area contributed by atoms with E-state index in [9.17, 15) is 19.8 Å². The summed E-state index contributed by atoms with van der Waals surface area (Å²) in [6.07, 6.45) is 3.57. The van der Waals surface area contributed by atoms with Gasteiger partial charge >= 0.3 is 5.97 Å². The van der Waals surface area contributed by atoms with Crippen LogP contribution in [-0.2, 0) is 31.9 Å². The van der Waals surface area contributed by atoms with Gasteiger partial charge in [-0.15, -0.1) is 11.8 Å². The maximum absolute atomic E-state index is 13.4. The fourth-order valence-electron chi connectivity index (χ4n) is 8.43. The molecule has 5 atom stereocenters. The summed E-state index contributed by atoms with van der Waals surface area (Å²) in [5.41, 5.74) is 13.8. The monoisotopic (exact) mass is 771 g/mol. The summed E-state index contributed by atoms with van der Waals surface area (Å²) >= 11 is 1.61. The van der Waals surface area contributed by atoms with Gasteiger partial charge in [0.25, 0.3) is 0 Å². The first-order chi connectivity index (χ1) is 26.4. The highest BCUT2D eigenvalue weighted by Gasteiger charge is 2.34. The van der Waals surface area contributed by atoms with Crippen LogP contribution < -0.4 is 5.32 Å². The maximum atomic E-state index is 13.4. The number of aryl methyl sites for hydroxylation is 4. The number of hydrogen-bond donors (Lipinski definition) is 5. The summed E-state index contributed by atoms with van der Waals surface area (Å²) in [5.74, 6) is 0.219. The van der Waals surface area contributed by atoms with Gasteiger partial charge in [-0.3, -0.25) is 9.78 Å². The summed E-state index contributed by atoms with van der Waals surface area (Å²) in [6, 6.07) is 6.40. The molecule has 1 amide bonds. The highest BCUT2D eigenvalue weighted by atomic mass is 32.2. The van der Waals surface area contributed by atoms with Crippen molar-refractivity contribution < 1.29 is 29.3 Å². The second kappa shape index (κ2) is 17.4. The number of esters is 1. The third-order valence-corrected chi connectivity index (χ3v) is 12.9. The molecule has 0 spiro atoms. The standard InChI is InChI=1S/C43H57N5O6S/c1-9-29-22(3)32-18-34-24(5)31(12-13-38(51)44-14-11-15-55-39-17-27(50)16-28(21-49)54-39)41(47-34)26(7)42-40(43(52)53-8)25(6)35(48-42)20-37-30(10-2)23(4)33(46-37)19-36(29)45-32/h18-20,24,27-28,31,39,45-46,49-50H,9-17,21H2,1-8H3,(H,44,51)/t24-,27-,28-,31-,39-/m0/s1. The lowest BCUT2D eigenvalue weighted by molar-refractivity contribution is -0.133. The predicted molar refractivity (Wildman–Crippen MR) is 220 cm³/mol. The van der Waals surface area contributed by atoms with Crippen LogP contribution in [0, 0.1) is 20.8 Å². The lowest BCUT2D eigenvalue weighted by Crippen LogP contribution is -2.36. The van der Waals surface area contributed by atoms with E-state index in [0.29, 0.717) is 49.2 Å². The summed E-state index contributed by atoms with van der Waals surface area (Å²) in [5, 5.41) is 22.6. The van der Waals surface area contributed by atoms with Gasteiger partial charge in [0.1, 0.15) is 5.44 Å². The highest BCUT2D eigenvalue weighted by molar-refractivity contribution is 7.99. The summed E-state index contributed by atoms with van der Waals surface area (Å²) in [7, 11) is 1.40. The van der Waals surface area contributed by atoms with Gasteiger partial charge in [-0.2, -0.15) is 0 Å². The van der Waals surface area contributed by atoms with E-state index in [2.05, 4.69) is 62.0 Å². The molecule has 3 aliphatic rings. The van der Waals surface area contributed by atoms with E-state index >= 15 is 0 Å². The summed E-state index contributed by atoms with van der Waals surface area (Å²) in [4.78, 5) is 44.4. The third kappa shape index (κ3) is 8.43. The van der Waals surface area contributed by atoms with Gasteiger partial charge in [-0.1, -0.05) is 20.8 Å². The van der Waals surface area contributed by atoms with E-state index in [1.807, 2.05) is 19.9 Å². The van der Waals surface area contributed by atoms with Gasteiger partial charge in [-0.25, -0.2) is 9.78 Å². The number of amides is 1. The number of carbonyl (C=O) groups is 2. The van der Waals surface area contributed by atoms with Gasteiger partial charge < -0.3 is 35.0 Å².